The van der Waals surface area contributed by atoms with Crippen molar-refractivity contribution in [1.82, 2.24) is 0 Å². The third-order valence-corrected chi connectivity index (χ3v) is 13.5. The third-order valence-electron chi connectivity index (χ3n) is 13.5. The van der Waals surface area contributed by atoms with E-state index in [1.807, 2.05) is 0 Å². The fourth-order valence-electron chi connectivity index (χ4n) is 8.69. The van der Waals surface area contributed by atoms with E-state index >= 15 is 0 Å². The first kappa shape index (κ1) is 72.1. The molecule has 0 aromatic rings. The summed E-state index contributed by atoms with van der Waals surface area (Å²) in [6.07, 6.45) is 86.5. The predicted molar refractivity (Wildman–Crippen MR) is 330 cm³/mol. The third kappa shape index (κ3) is 60.9. The molecule has 0 rings (SSSR count). The van der Waals surface area contributed by atoms with E-state index in [4.69, 9.17) is 14.2 Å². The summed E-state index contributed by atoms with van der Waals surface area (Å²) in [7, 11) is 0. The molecule has 0 aliphatic rings. The van der Waals surface area contributed by atoms with E-state index in [1.54, 1.807) is 0 Å². The zero-order chi connectivity index (χ0) is 55.0. The smallest absolute Gasteiger partial charge is 0.306 e. The molecule has 0 saturated carbocycles. The molecular weight excluding hydrogens is 937 g/mol. The largest absolute Gasteiger partial charge is 0.462 e. The van der Waals surface area contributed by atoms with Crippen molar-refractivity contribution in [3.05, 3.63) is 109 Å². The van der Waals surface area contributed by atoms with Crippen molar-refractivity contribution in [3.63, 3.8) is 0 Å². The van der Waals surface area contributed by atoms with E-state index in [9.17, 15) is 14.4 Å². The van der Waals surface area contributed by atoms with Gasteiger partial charge in [-0.2, -0.15) is 0 Å². The molecule has 0 aromatic heterocycles. The molecule has 0 saturated heterocycles. The molecule has 0 spiro atoms. The van der Waals surface area contributed by atoms with Gasteiger partial charge in [0, 0.05) is 19.3 Å². The second kappa shape index (κ2) is 63.6. The van der Waals surface area contributed by atoms with Gasteiger partial charge in [-0.1, -0.05) is 265 Å². The average Bonchev–Trinajstić information content (AvgIpc) is 3.42. The van der Waals surface area contributed by atoms with Crippen molar-refractivity contribution < 1.29 is 28.6 Å². The minimum atomic E-state index is -0.792. The van der Waals surface area contributed by atoms with Gasteiger partial charge in [0.25, 0.3) is 0 Å². The summed E-state index contributed by atoms with van der Waals surface area (Å²) in [6.45, 7) is 6.46. The first-order valence-corrected chi connectivity index (χ1v) is 31.9. The Balaban J connectivity index is 4.37. The molecule has 0 N–H and O–H groups in total. The van der Waals surface area contributed by atoms with Crippen LogP contribution in [0.4, 0.5) is 0 Å². The molecule has 76 heavy (non-hydrogen) atoms. The molecule has 0 radical (unpaired) electrons. The van der Waals surface area contributed by atoms with Crippen molar-refractivity contribution in [3.8, 4) is 0 Å². The van der Waals surface area contributed by atoms with E-state index in [0.717, 1.165) is 128 Å². The SMILES string of the molecule is CC/C=C\C/C=C\C/C=C\C/C=C\C/C=C\CCCCCCCCCCCC(=O)OCC(COC(=O)CCCCCCC/C=C\C/C=C\CCCC)OC(=O)CCCCCCCCCCC/C=C\C/C=C\CCCCC. The highest BCUT2D eigenvalue weighted by atomic mass is 16.6. The van der Waals surface area contributed by atoms with Crippen LogP contribution in [-0.2, 0) is 28.6 Å². The second-order valence-corrected chi connectivity index (χ2v) is 20.9. The average molecular weight is 1060 g/mol. The first-order valence-electron chi connectivity index (χ1n) is 31.9. The van der Waals surface area contributed by atoms with Gasteiger partial charge in [-0.05, 0) is 122 Å². The van der Waals surface area contributed by atoms with Gasteiger partial charge >= 0.3 is 17.9 Å². The van der Waals surface area contributed by atoms with Crippen LogP contribution in [-0.4, -0.2) is 37.2 Å². The van der Waals surface area contributed by atoms with Gasteiger partial charge in [-0.25, -0.2) is 0 Å². The second-order valence-electron chi connectivity index (χ2n) is 20.9. The van der Waals surface area contributed by atoms with Crippen LogP contribution in [0.2, 0.25) is 0 Å². The normalized spacial score (nSPS) is 12.8. The van der Waals surface area contributed by atoms with Crippen LogP contribution in [0.3, 0.4) is 0 Å². The Hall–Kier alpha value is -3.93. The number of esters is 3. The summed E-state index contributed by atoms with van der Waals surface area (Å²) in [4.78, 5) is 38.3. The molecule has 0 aromatic carbocycles. The maximum atomic E-state index is 12.9. The Kier molecular flexibility index (Phi) is 60.3. The number of allylic oxidation sites excluding steroid dienone is 18. The highest BCUT2D eigenvalue weighted by Gasteiger charge is 2.19. The van der Waals surface area contributed by atoms with E-state index in [1.165, 1.54) is 128 Å². The molecule has 434 valence electrons. The molecule has 0 fully saturated rings. The Morgan fingerprint density at radius 2 is 0.526 bits per heavy atom. The zero-order valence-electron chi connectivity index (χ0n) is 49.7. The van der Waals surface area contributed by atoms with Crippen molar-refractivity contribution >= 4 is 17.9 Å². The van der Waals surface area contributed by atoms with Gasteiger partial charge < -0.3 is 14.2 Å². The van der Waals surface area contributed by atoms with Gasteiger partial charge in [0.2, 0.25) is 0 Å². The van der Waals surface area contributed by atoms with E-state index < -0.39 is 6.10 Å². The minimum absolute atomic E-state index is 0.0879. The quantitative estimate of drug-likeness (QED) is 0.0261. The maximum Gasteiger partial charge on any atom is 0.306 e. The van der Waals surface area contributed by atoms with E-state index in [-0.39, 0.29) is 31.1 Å². The van der Waals surface area contributed by atoms with Crippen molar-refractivity contribution in [2.75, 3.05) is 13.2 Å². The lowest BCUT2D eigenvalue weighted by Gasteiger charge is -2.18. The molecule has 0 amide bonds. The summed E-state index contributed by atoms with van der Waals surface area (Å²) >= 11 is 0. The molecule has 1 atom stereocenters. The van der Waals surface area contributed by atoms with Crippen LogP contribution < -0.4 is 0 Å². The molecule has 0 aliphatic heterocycles. The Morgan fingerprint density at radius 3 is 0.842 bits per heavy atom. The summed E-state index contributed by atoms with van der Waals surface area (Å²) in [6, 6.07) is 0. The van der Waals surface area contributed by atoms with Crippen molar-refractivity contribution in [2.45, 2.75) is 303 Å². The van der Waals surface area contributed by atoms with Gasteiger partial charge in [0.15, 0.2) is 6.10 Å². The summed E-state index contributed by atoms with van der Waals surface area (Å²) in [5.74, 6) is -0.905. The first-order chi connectivity index (χ1) is 37.5. The Bertz CT molecular complexity index is 1540. The Morgan fingerprint density at radius 1 is 0.276 bits per heavy atom. The number of carbonyl (C=O) groups is 3. The number of hydrogen-bond acceptors (Lipinski definition) is 6. The fraction of sp³-hybridized carbons (Fsp3) is 0.700. The van der Waals surface area contributed by atoms with Crippen LogP contribution in [0.15, 0.2) is 109 Å². The van der Waals surface area contributed by atoms with Crippen LogP contribution in [0, 0.1) is 0 Å². The molecule has 6 nitrogen and oxygen atoms in total. The summed E-state index contributed by atoms with van der Waals surface area (Å²) in [5, 5.41) is 0. The summed E-state index contributed by atoms with van der Waals surface area (Å²) in [5.41, 5.74) is 0. The van der Waals surface area contributed by atoms with Gasteiger partial charge in [-0.3, -0.25) is 14.4 Å². The Labute approximate surface area is 470 Å². The topological polar surface area (TPSA) is 78.9 Å². The monoisotopic (exact) mass is 1050 g/mol. The van der Waals surface area contributed by atoms with Gasteiger partial charge in [-0.15, -0.1) is 0 Å². The maximum absolute atomic E-state index is 12.9. The lowest BCUT2D eigenvalue weighted by atomic mass is 10.1. The van der Waals surface area contributed by atoms with E-state index in [2.05, 4.69) is 130 Å². The standard InChI is InChI=1S/C70H118O6/c1-4-7-10-13-16-19-22-25-28-30-32-33-34-35-36-37-39-40-42-45-48-51-54-57-60-63-69(72)75-66-67(65-74-68(71)62-59-56-53-50-47-44-27-24-21-18-15-12-9-6-3)76-70(73)64-61-58-55-52-49-46-43-41-38-31-29-26-23-20-17-14-11-8-5-2/h7,10,15-20,24-29,32-33,35-36,67H,4-6,8-9,11-14,21-23,30-31,34,37-66H2,1-3H3/b10-7-,18-15-,19-16-,20-17-,27-24-,28-25-,29-26-,33-32-,36-35-. The van der Waals surface area contributed by atoms with Gasteiger partial charge in [0.05, 0.1) is 0 Å². The molecule has 6 heteroatoms. The fourth-order valence-corrected chi connectivity index (χ4v) is 8.69. The molecule has 0 aliphatic carbocycles. The number of unbranched alkanes of at least 4 members (excludes halogenated alkanes) is 28. The molecular formula is C70H118O6. The number of carbonyl (C=O) groups excluding carboxylic acids is 3. The highest BCUT2D eigenvalue weighted by Crippen LogP contribution is 2.16. The van der Waals surface area contributed by atoms with Crippen LogP contribution >= 0.6 is 0 Å². The molecule has 0 heterocycles. The number of hydrogen-bond donors (Lipinski definition) is 0. The minimum Gasteiger partial charge on any atom is -0.462 e. The van der Waals surface area contributed by atoms with Crippen LogP contribution in [0.25, 0.3) is 0 Å². The van der Waals surface area contributed by atoms with Gasteiger partial charge in [0.1, 0.15) is 13.2 Å². The van der Waals surface area contributed by atoms with E-state index in [0.29, 0.717) is 19.3 Å². The van der Waals surface area contributed by atoms with Crippen molar-refractivity contribution in [2.24, 2.45) is 0 Å². The number of rotatable bonds is 57. The zero-order valence-corrected chi connectivity index (χ0v) is 49.7. The molecule has 0 bridgehead atoms. The number of ether oxygens (including phenoxy) is 3. The summed E-state index contributed by atoms with van der Waals surface area (Å²) < 4.78 is 16.9. The highest BCUT2D eigenvalue weighted by molar-refractivity contribution is 5.71. The molecule has 1 unspecified atom stereocenters. The van der Waals surface area contributed by atoms with Crippen LogP contribution in [0.5, 0.6) is 0 Å². The lowest BCUT2D eigenvalue weighted by molar-refractivity contribution is -0.167. The van der Waals surface area contributed by atoms with Crippen LogP contribution in [0.1, 0.15) is 297 Å². The predicted octanol–water partition coefficient (Wildman–Crippen LogP) is 21.8. The lowest BCUT2D eigenvalue weighted by Crippen LogP contribution is -2.30. The van der Waals surface area contributed by atoms with Crippen molar-refractivity contribution in [1.29, 1.82) is 0 Å².